The number of aliphatic hydroxyl groups excluding tert-OH is 2. The quantitative estimate of drug-likeness (QED) is 0.0320. The van der Waals surface area contributed by atoms with Gasteiger partial charge in [0.25, 0.3) is 0 Å². The molecule has 3 N–H and O–H groups in total. The highest BCUT2D eigenvalue weighted by Crippen LogP contribution is 2.21. The molecule has 99 heavy (non-hydrogen) atoms. The van der Waals surface area contributed by atoms with Gasteiger partial charge >= 0.3 is 5.97 Å². The molecule has 0 aliphatic heterocycles. The molecular formula is C93H177NO5. The van der Waals surface area contributed by atoms with Crippen LogP contribution in [0.3, 0.4) is 0 Å². The molecule has 0 aliphatic rings. The molecule has 0 saturated carbocycles. The number of hydrogen-bond donors (Lipinski definition) is 3. The van der Waals surface area contributed by atoms with Crippen molar-refractivity contribution in [2.75, 3.05) is 13.2 Å². The van der Waals surface area contributed by atoms with Crippen LogP contribution in [0.4, 0.5) is 0 Å². The van der Waals surface area contributed by atoms with Crippen LogP contribution in [-0.4, -0.2) is 47.4 Å². The van der Waals surface area contributed by atoms with Crippen molar-refractivity contribution in [1.29, 1.82) is 0 Å². The maximum absolute atomic E-state index is 12.6. The zero-order valence-corrected chi connectivity index (χ0v) is 67.3. The Bertz CT molecular complexity index is 1650. The van der Waals surface area contributed by atoms with Crippen molar-refractivity contribution < 1.29 is 24.5 Å². The predicted octanol–water partition coefficient (Wildman–Crippen LogP) is 30.7. The first-order valence-corrected chi connectivity index (χ1v) is 45.4. The molecule has 6 heteroatoms. The summed E-state index contributed by atoms with van der Waals surface area (Å²) in [6.07, 6.45) is 118. The lowest BCUT2D eigenvalue weighted by Gasteiger charge is -2.22. The van der Waals surface area contributed by atoms with E-state index in [2.05, 4.69) is 67.8 Å². The lowest BCUT2D eigenvalue weighted by Crippen LogP contribution is -2.45. The first-order valence-electron chi connectivity index (χ1n) is 45.4. The molecule has 2 atom stereocenters. The van der Waals surface area contributed by atoms with E-state index in [0.717, 1.165) is 57.8 Å². The first kappa shape index (κ1) is 96.8. The van der Waals surface area contributed by atoms with Crippen molar-refractivity contribution >= 4 is 11.9 Å². The lowest BCUT2D eigenvalue weighted by atomic mass is 10.0. The normalized spacial score (nSPS) is 12.6. The van der Waals surface area contributed by atoms with Gasteiger partial charge in [-0.2, -0.15) is 0 Å². The molecular weight excluding hydrogens is 1210 g/mol. The van der Waals surface area contributed by atoms with Gasteiger partial charge in [-0.15, -0.1) is 0 Å². The maximum atomic E-state index is 12.6. The van der Waals surface area contributed by atoms with Crippen molar-refractivity contribution in [2.24, 2.45) is 0 Å². The van der Waals surface area contributed by atoms with E-state index >= 15 is 0 Å². The van der Waals surface area contributed by atoms with Gasteiger partial charge in [0.2, 0.25) is 5.91 Å². The van der Waals surface area contributed by atoms with E-state index in [1.54, 1.807) is 0 Å². The molecule has 0 saturated heterocycles. The summed E-state index contributed by atoms with van der Waals surface area (Å²) >= 11 is 0. The highest BCUT2D eigenvalue weighted by atomic mass is 16.5. The van der Waals surface area contributed by atoms with E-state index in [9.17, 15) is 19.8 Å². The van der Waals surface area contributed by atoms with Gasteiger partial charge in [0.1, 0.15) is 0 Å². The number of rotatable bonds is 86. The topological polar surface area (TPSA) is 95.9 Å². The van der Waals surface area contributed by atoms with Crippen LogP contribution in [0.15, 0.2) is 48.6 Å². The second kappa shape index (κ2) is 88.2. The summed E-state index contributed by atoms with van der Waals surface area (Å²) in [5.41, 5.74) is 0. The third-order valence-electron chi connectivity index (χ3n) is 21.4. The number of amides is 1. The summed E-state index contributed by atoms with van der Waals surface area (Å²) in [6, 6.07) is -0.541. The number of aliphatic hydroxyl groups is 2. The van der Waals surface area contributed by atoms with Gasteiger partial charge in [-0.3, -0.25) is 9.59 Å². The van der Waals surface area contributed by atoms with Crippen molar-refractivity contribution in [3.8, 4) is 0 Å². The Balaban J connectivity index is 3.36. The average molecular weight is 1390 g/mol. The zero-order valence-electron chi connectivity index (χ0n) is 67.3. The molecule has 0 aromatic rings. The van der Waals surface area contributed by atoms with Crippen LogP contribution < -0.4 is 5.32 Å². The monoisotopic (exact) mass is 1390 g/mol. The van der Waals surface area contributed by atoms with Gasteiger partial charge in [-0.05, 0) is 89.9 Å². The Morgan fingerprint density at radius 1 is 0.283 bits per heavy atom. The van der Waals surface area contributed by atoms with Crippen LogP contribution in [0.2, 0.25) is 0 Å². The summed E-state index contributed by atoms with van der Waals surface area (Å²) in [5, 5.41) is 23.5. The van der Waals surface area contributed by atoms with E-state index in [4.69, 9.17) is 4.74 Å². The lowest BCUT2D eigenvalue weighted by molar-refractivity contribution is -0.143. The minimum absolute atomic E-state index is 0.0138. The van der Waals surface area contributed by atoms with Crippen LogP contribution >= 0.6 is 0 Å². The molecule has 0 bridgehead atoms. The highest BCUT2D eigenvalue weighted by Gasteiger charge is 2.20. The maximum Gasteiger partial charge on any atom is 0.305 e. The van der Waals surface area contributed by atoms with E-state index in [-0.39, 0.29) is 18.5 Å². The molecule has 0 spiro atoms. The van der Waals surface area contributed by atoms with E-state index in [1.807, 2.05) is 0 Å². The number of hydrogen-bond acceptors (Lipinski definition) is 5. The summed E-state index contributed by atoms with van der Waals surface area (Å²) < 4.78 is 5.51. The summed E-state index contributed by atoms with van der Waals surface area (Å²) in [7, 11) is 0. The van der Waals surface area contributed by atoms with E-state index < -0.39 is 12.1 Å². The number of nitrogens with one attached hydrogen (secondary N) is 1. The van der Waals surface area contributed by atoms with Gasteiger partial charge < -0.3 is 20.3 Å². The number of esters is 1. The van der Waals surface area contributed by atoms with Crippen LogP contribution in [0.5, 0.6) is 0 Å². The fourth-order valence-corrected chi connectivity index (χ4v) is 14.5. The molecule has 0 radical (unpaired) electrons. The number of carbonyl (C=O) groups excluding carboxylic acids is 2. The van der Waals surface area contributed by atoms with E-state index in [1.165, 1.54) is 417 Å². The van der Waals surface area contributed by atoms with Crippen LogP contribution in [0.25, 0.3) is 0 Å². The van der Waals surface area contributed by atoms with Gasteiger partial charge in [-0.1, -0.05) is 454 Å². The zero-order chi connectivity index (χ0) is 71.2. The second-order valence-corrected chi connectivity index (χ2v) is 31.3. The molecule has 0 aliphatic carbocycles. The predicted molar refractivity (Wildman–Crippen MR) is 439 cm³/mol. The van der Waals surface area contributed by atoms with Crippen molar-refractivity contribution in [1.82, 2.24) is 5.32 Å². The minimum atomic E-state index is -0.665. The SMILES string of the molecule is CCCCCC/C=C\C/C=C\CCCCCCCCCC(=O)OCCCCCCCCCCCCCCCCC/C=C\C/C=C\CCCCCCCCCCCCCCCCCCCC(=O)NC(CO)C(O)CCCCCCCCCCCCCCCCCCCCCCCCCCC. The largest absolute Gasteiger partial charge is 0.466 e. The number of carbonyl (C=O) groups is 2. The Morgan fingerprint density at radius 2 is 0.505 bits per heavy atom. The molecule has 584 valence electrons. The third-order valence-corrected chi connectivity index (χ3v) is 21.4. The van der Waals surface area contributed by atoms with Crippen LogP contribution in [0.1, 0.15) is 508 Å². The van der Waals surface area contributed by atoms with Crippen molar-refractivity contribution in [3.63, 3.8) is 0 Å². The second-order valence-electron chi connectivity index (χ2n) is 31.3. The summed E-state index contributed by atoms with van der Waals surface area (Å²) in [5.74, 6) is -0.0120. The number of unbranched alkanes of at least 4 members (excludes halogenated alkanes) is 67. The van der Waals surface area contributed by atoms with Crippen LogP contribution in [0, 0.1) is 0 Å². The average Bonchev–Trinajstić information content (AvgIpc) is 2.05. The molecule has 0 rings (SSSR count). The molecule has 6 nitrogen and oxygen atoms in total. The summed E-state index contributed by atoms with van der Waals surface area (Å²) in [4.78, 5) is 24.7. The molecule has 2 unspecified atom stereocenters. The third kappa shape index (κ3) is 84.6. The van der Waals surface area contributed by atoms with Crippen molar-refractivity contribution in [3.05, 3.63) is 48.6 Å². The molecule has 1 amide bonds. The fourth-order valence-electron chi connectivity index (χ4n) is 14.5. The minimum Gasteiger partial charge on any atom is -0.466 e. The van der Waals surface area contributed by atoms with E-state index in [0.29, 0.717) is 25.9 Å². The van der Waals surface area contributed by atoms with Gasteiger partial charge in [0.15, 0.2) is 0 Å². The number of ether oxygens (including phenoxy) is 1. The Kier molecular flexibility index (Phi) is 86.3. The molecule has 0 aromatic carbocycles. The summed E-state index contributed by atoms with van der Waals surface area (Å²) in [6.45, 7) is 4.99. The Hall–Kier alpha value is -2.18. The standard InChI is InChI=1S/C93H177NO5/c1-3-5-7-9-11-13-15-17-19-21-23-24-25-41-44-47-50-53-57-61-65-69-73-77-81-85-91(96)90(89-95)94-92(97)86-82-78-74-70-66-62-58-54-51-48-45-42-39-37-35-33-31-29-27-26-28-30-32-34-36-38-40-43-46-49-52-56-60-64-68-72-76-80-84-88-99-93(98)87-83-79-75-71-67-63-59-55-22-20-18-16-14-12-10-8-6-4-2/h14,16,20,22,26-27,30,32,90-91,95-96H,3-13,15,17-19,21,23-25,28-29,31,33-89H2,1-2H3,(H,94,97)/b16-14-,22-20-,27-26-,32-30-. The molecule has 0 aromatic heterocycles. The first-order chi connectivity index (χ1) is 49.0. The highest BCUT2D eigenvalue weighted by molar-refractivity contribution is 5.76. The molecule has 0 heterocycles. The Labute approximate surface area is 620 Å². The van der Waals surface area contributed by atoms with Gasteiger partial charge in [0, 0.05) is 12.8 Å². The van der Waals surface area contributed by atoms with Gasteiger partial charge in [0.05, 0.1) is 25.4 Å². The van der Waals surface area contributed by atoms with Crippen molar-refractivity contribution in [2.45, 2.75) is 520 Å². The van der Waals surface area contributed by atoms with Crippen LogP contribution in [-0.2, 0) is 14.3 Å². The molecule has 0 fully saturated rings. The van der Waals surface area contributed by atoms with Gasteiger partial charge in [-0.25, -0.2) is 0 Å². The number of allylic oxidation sites excluding steroid dienone is 8. The Morgan fingerprint density at radius 3 is 0.778 bits per heavy atom. The fraction of sp³-hybridized carbons (Fsp3) is 0.892. The smallest absolute Gasteiger partial charge is 0.305 e.